The normalized spacial score (nSPS) is 21.8. The Labute approximate surface area is 140 Å². The summed E-state index contributed by atoms with van der Waals surface area (Å²) in [6, 6.07) is 8.05. The summed E-state index contributed by atoms with van der Waals surface area (Å²) in [6.07, 6.45) is 14.8. The van der Waals surface area contributed by atoms with E-state index in [9.17, 15) is 4.79 Å². The van der Waals surface area contributed by atoms with Crippen LogP contribution in [0.5, 0.6) is 5.75 Å². The SMILES string of the molecule is C/C=C/C=C/C(=O)Oc1ccc(C2CCC(CCC)CC2)cc1. The number of esters is 1. The number of carbonyl (C=O) groups is 1. The fourth-order valence-electron chi connectivity index (χ4n) is 3.40. The van der Waals surface area contributed by atoms with Crippen molar-refractivity contribution in [3.8, 4) is 5.75 Å². The Kier molecular flexibility index (Phi) is 7.12. The van der Waals surface area contributed by atoms with Crippen LogP contribution in [0.1, 0.15) is 63.9 Å². The predicted octanol–water partition coefficient (Wildman–Crippen LogP) is 5.80. The van der Waals surface area contributed by atoms with Crippen LogP contribution in [-0.4, -0.2) is 5.97 Å². The molecule has 0 atom stereocenters. The third kappa shape index (κ3) is 5.70. The van der Waals surface area contributed by atoms with Gasteiger partial charge in [0.05, 0.1) is 0 Å². The average Bonchev–Trinajstić information content (AvgIpc) is 2.57. The van der Waals surface area contributed by atoms with E-state index in [4.69, 9.17) is 4.74 Å². The lowest BCUT2D eigenvalue weighted by molar-refractivity contribution is -0.128. The van der Waals surface area contributed by atoms with E-state index in [1.807, 2.05) is 25.1 Å². The number of hydrogen-bond acceptors (Lipinski definition) is 2. The highest BCUT2D eigenvalue weighted by Crippen LogP contribution is 2.37. The maximum absolute atomic E-state index is 11.6. The van der Waals surface area contributed by atoms with E-state index >= 15 is 0 Å². The van der Waals surface area contributed by atoms with Gasteiger partial charge in [0.1, 0.15) is 5.75 Å². The monoisotopic (exact) mass is 312 g/mol. The number of allylic oxidation sites excluding steroid dienone is 3. The molecular weight excluding hydrogens is 284 g/mol. The van der Waals surface area contributed by atoms with Gasteiger partial charge in [-0.3, -0.25) is 0 Å². The first-order valence-corrected chi connectivity index (χ1v) is 8.84. The molecule has 0 spiro atoms. The molecule has 1 fully saturated rings. The van der Waals surface area contributed by atoms with Crippen LogP contribution >= 0.6 is 0 Å². The van der Waals surface area contributed by atoms with Crippen LogP contribution in [0.25, 0.3) is 0 Å². The molecule has 2 rings (SSSR count). The summed E-state index contributed by atoms with van der Waals surface area (Å²) in [6.45, 7) is 4.18. The molecule has 0 radical (unpaired) electrons. The molecule has 0 N–H and O–H groups in total. The Morgan fingerprint density at radius 2 is 1.83 bits per heavy atom. The van der Waals surface area contributed by atoms with Gasteiger partial charge < -0.3 is 4.74 Å². The molecule has 2 nitrogen and oxygen atoms in total. The van der Waals surface area contributed by atoms with Crippen molar-refractivity contribution in [3.63, 3.8) is 0 Å². The molecule has 124 valence electrons. The van der Waals surface area contributed by atoms with E-state index in [2.05, 4.69) is 19.1 Å². The first-order valence-electron chi connectivity index (χ1n) is 8.84. The van der Waals surface area contributed by atoms with Crippen LogP contribution in [0.15, 0.2) is 48.6 Å². The topological polar surface area (TPSA) is 26.3 Å². The van der Waals surface area contributed by atoms with Gasteiger partial charge in [0.25, 0.3) is 0 Å². The van der Waals surface area contributed by atoms with Gasteiger partial charge in [0.2, 0.25) is 0 Å². The summed E-state index contributed by atoms with van der Waals surface area (Å²) < 4.78 is 5.29. The van der Waals surface area contributed by atoms with Gasteiger partial charge in [0.15, 0.2) is 0 Å². The highest BCUT2D eigenvalue weighted by atomic mass is 16.5. The van der Waals surface area contributed by atoms with Crippen molar-refractivity contribution < 1.29 is 9.53 Å². The van der Waals surface area contributed by atoms with Gasteiger partial charge >= 0.3 is 5.97 Å². The zero-order valence-electron chi connectivity index (χ0n) is 14.3. The molecule has 0 saturated heterocycles. The van der Waals surface area contributed by atoms with Gasteiger partial charge in [-0.15, -0.1) is 0 Å². The molecule has 1 aromatic carbocycles. The Morgan fingerprint density at radius 1 is 1.13 bits per heavy atom. The molecule has 1 saturated carbocycles. The number of ether oxygens (including phenoxy) is 1. The molecule has 0 aromatic heterocycles. The molecular formula is C21H28O2. The summed E-state index contributed by atoms with van der Waals surface area (Å²) in [5.41, 5.74) is 1.38. The van der Waals surface area contributed by atoms with E-state index in [0.717, 1.165) is 5.92 Å². The van der Waals surface area contributed by atoms with E-state index in [-0.39, 0.29) is 5.97 Å². The van der Waals surface area contributed by atoms with Crippen LogP contribution in [-0.2, 0) is 4.79 Å². The molecule has 1 aliphatic carbocycles. The molecule has 0 aliphatic heterocycles. The number of hydrogen-bond donors (Lipinski definition) is 0. The smallest absolute Gasteiger partial charge is 0.336 e. The number of rotatable bonds is 6. The zero-order valence-corrected chi connectivity index (χ0v) is 14.3. The van der Waals surface area contributed by atoms with Gasteiger partial charge in [-0.2, -0.15) is 0 Å². The van der Waals surface area contributed by atoms with Crippen LogP contribution in [0.3, 0.4) is 0 Å². The second-order valence-electron chi connectivity index (χ2n) is 6.38. The lowest BCUT2D eigenvalue weighted by Gasteiger charge is -2.28. The highest BCUT2D eigenvalue weighted by molar-refractivity contribution is 5.84. The molecule has 0 unspecified atom stereocenters. The minimum atomic E-state index is -0.337. The Bertz CT molecular complexity index is 531. The zero-order chi connectivity index (χ0) is 16.5. The first-order chi connectivity index (χ1) is 11.2. The summed E-state index contributed by atoms with van der Waals surface area (Å²) in [5, 5.41) is 0. The largest absolute Gasteiger partial charge is 0.423 e. The predicted molar refractivity (Wildman–Crippen MR) is 95.6 cm³/mol. The maximum atomic E-state index is 11.6. The van der Waals surface area contributed by atoms with Gasteiger partial charge in [0, 0.05) is 6.08 Å². The third-order valence-electron chi connectivity index (χ3n) is 4.65. The second kappa shape index (κ2) is 9.34. The molecule has 0 bridgehead atoms. The quantitative estimate of drug-likeness (QED) is 0.287. The molecule has 1 aliphatic rings. The van der Waals surface area contributed by atoms with Gasteiger partial charge in [-0.05, 0) is 62.1 Å². The minimum absolute atomic E-state index is 0.337. The maximum Gasteiger partial charge on any atom is 0.336 e. The average molecular weight is 312 g/mol. The van der Waals surface area contributed by atoms with E-state index in [1.54, 1.807) is 12.2 Å². The third-order valence-corrected chi connectivity index (χ3v) is 4.65. The Balaban J connectivity index is 1.86. The first kappa shape index (κ1) is 17.5. The molecule has 23 heavy (non-hydrogen) atoms. The minimum Gasteiger partial charge on any atom is -0.423 e. The lowest BCUT2D eigenvalue weighted by Crippen LogP contribution is -2.13. The van der Waals surface area contributed by atoms with Crippen molar-refractivity contribution in [2.45, 2.75) is 58.3 Å². The molecule has 0 amide bonds. The fourth-order valence-corrected chi connectivity index (χ4v) is 3.40. The van der Waals surface area contributed by atoms with Gasteiger partial charge in [-0.25, -0.2) is 4.79 Å². The van der Waals surface area contributed by atoms with Crippen molar-refractivity contribution >= 4 is 5.97 Å². The summed E-state index contributed by atoms with van der Waals surface area (Å²) in [7, 11) is 0. The Morgan fingerprint density at radius 3 is 2.43 bits per heavy atom. The van der Waals surface area contributed by atoms with E-state index in [0.29, 0.717) is 11.7 Å². The van der Waals surface area contributed by atoms with Crippen molar-refractivity contribution in [2.24, 2.45) is 5.92 Å². The summed E-state index contributed by atoms with van der Waals surface area (Å²) in [5.74, 6) is 1.88. The Hall–Kier alpha value is -1.83. The lowest BCUT2D eigenvalue weighted by atomic mass is 9.77. The summed E-state index contributed by atoms with van der Waals surface area (Å²) >= 11 is 0. The standard InChI is InChI=1S/C21H28O2/c1-3-5-6-8-21(22)23-20-15-13-19(14-16-20)18-11-9-17(7-4-2)10-12-18/h3,5-6,8,13-18H,4,7,9-12H2,1-2H3/b5-3+,8-6+. The van der Waals surface area contributed by atoms with Crippen molar-refractivity contribution in [3.05, 3.63) is 54.1 Å². The van der Waals surface area contributed by atoms with Crippen LogP contribution in [0.4, 0.5) is 0 Å². The van der Waals surface area contributed by atoms with E-state index < -0.39 is 0 Å². The van der Waals surface area contributed by atoms with Crippen molar-refractivity contribution in [2.75, 3.05) is 0 Å². The van der Waals surface area contributed by atoms with Crippen LogP contribution in [0, 0.1) is 5.92 Å². The van der Waals surface area contributed by atoms with Crippen LogP contribution in [0.2, 0.25) is 0 Å². The van der Waals surface area contributed by atoms with E-state index in [1.165, 1.54) is 50.2 Å². The fraction of sp³-hybridized carbons (Fsp3) is 0.476. The van der Waals surface area contributed by atoms with Crippen molar-refractivity contribution in [1.29, 1.82) is 0 Å². The highest BCUT2D eigenvalue weighted by Gasteiger charge is 2.21. The molecule has 0 heterocycles. The summed E-state index contributed by atoms with van der Waals surface area (Å²) in [4.78, 5) is 11.6. The number of carbonyl (C=O) groups excluding carboxylic acids is 1. The van der Waals surface area contributed by atoms with Gasteiger partial charge in [-0.1, -0.05) is 50.1 Å². The van der Waals surface area contributed by atoms with Crippen molar-refractivity contribution in [1.82, 2.24) is 0 Å². The number of benzene rings is 1. The molecule has 2 heteroatoms. The van der Waals surface area contributed by atoms with Crippen LogP contribution < -0.4 is 4.74 Å². The molecule has 1 aromatic rings. The second-order valence-corrected chi connectivity index (χ2v) is 6.38.